The molecule has 2 heteroatoms. The van der Waals surface area contributed by atoms with Gasteiger partial charge in [-0.05, 0) is 47.1 Å². The highest BCUT2D eigenvalue weighted by Crippen LogP contribution is 2.41. The Hall–Kier alpha value is -1.67. The zero-order chi connectivity index (χ0) is 14.9. The summed E-state index contributed by atoms with van der Waals surface area (Å²) in [6, 6.07) is 15.9. The average molecular weight is 283 g/mol. The fourth-order valence-corrected chi connectivity index (χ4v) is 3.27. The van der Waals surface area contributed by atoms with Gasteiger partial charge in [-0.3, -0.25) is 0 Å². The first-order valence-electron chi connectivity index (χ1n) is 7.63. The van der Waals surface area contributed by atoms with E-state index in [9.17, 15) is 4.39 Å². The van der Waals surface area contributed by atoms with Gasteiger partial charge in [-0.25, -0.2) is 4.39 Å². The van der Waals surface area contributed by atoms with Crippen molar-refractivity contribution in [2.45, 2.75) is 44.7 Å². The van der Waals surface area contributed by atoms with Crippen LogP contribution in [0.5, 0.6) is 0 Å². The molecule has 0 spiro atoms. The van der Waals surface area contributed by atoms with E-state index in [1.54, 1.807) is 0 Å². The second-order valence-corrected chi connectivity index (χ2v) is 6.57. The Kier molecular flexibility index (Phi) is 3.81. The molecule has 0 amide bonds. The van der Waals surface area contributed by atoms with E-state index >= 15 is 0 Å². The van der Waals surface area contributed by atoms with Crippen LogP contribution < -0.4 is 5.32 Å². The van der Waals surface area contributed by atoms with Crippen LogP contribution in [0.25, 0.3) is 0 Å². The molecule has 1 aliphatic rings. The Bertz CT molecular complexity index is 616. The summed E-state index contributed by atoms with van der Waals surface area (Å²) < 4.78 is 12.9. The third-order valence-electron chi connectivity index (χ3n) is 4.59. The van der Waals surface area contributed by atoms with E-state index < -0.39 is 0 Å². The zero-order valence-corrected chi connectivity index (χ0v) is 12.7. The van der Waals surface area contributed by atoms with Gasteiger partial charge >= 0.3 is 0 Å². The van der Waals surface area contributed by atoms with E-state index in [2.05, 4.69) is 43.4 Å². The number of halogens is 1. The molecule has 110 valence electrons. The van der Waals surface area contributed by atoms with Gasteiger partial charge in [0.15, 0.2) is 0 Å². The SMILES string of the molecule is CC1(C)CCC(NCc2ccc(F)cc2)c2ccccc21. The maximum absolute atomic E-state index is 12.9. The largest absolute Gasteiger partial charge is 0.306 e. The Morgan fingerprint density at radius 3 is 2.57 bits per heavy atom. The molecule has 2 aromatic carbocycles. The fourth-order valence-electron chi connectivity index (χ4n) is 3.27. The topological polar surface area (TPSA) is 12.0 Å². The first-order chi connectivity index (χ1) is 10.1. The van der Waals surface area contributed by atoms with Crippen LogP contribution in [-0.4, -0.2) is 0 Å². The maximum atomic E-state index is 12.9. The van der Waals surface area contributed by atoms with Crippen molar-refractivity contribution in [1.29, 1.82) is 0 Å². The van der Waals surface area contributed by atoms with Crippen molar-refractivity contribution in [1.82, 2.24) is 5.32 Å². The summed E-state index contributed by atoms with van der Waals surface area (Å²) in [5, 5.41) is 3.63. The highest BCUT2D eigenvalue weighted by Gasteiger charge is 2.31. The van der Waals surface area contributed by atoms with Gasteiger partial charge in [0.2, 0.25) is 0 Å². The van der Waals surface area contributed by atoms with Crippen LogP contribution in [0.1, 0.15) is 49.4 Å². The number of nitrogens with one attached hydrogen (secondary N) is 1. The van der Waals surface area contributed by atoms with Crippen molar-refractivity contribution < 1.29 is 4.39 Å². The number of benzene rings is 2. The molecular weight excluding hydrogens is 261 g/mol. The molecule has 2 aromatic rings. The molecule has 0 aromatic heterocycles. The van der Waals surface area contributed by atoms with Crippen LogP contribution >= 0.6 is 0 Å². The minimum atomic E-state index is -0.177. The second kappa shape index (κ2) is 5.61. The van der Waals surface area contributed by atoms with Gasteiger partial charge in [-0.15, -0.1) is 0 Å². The van der Waals surface area contributed by atoms with Crippen molar-refractivity contribution in [2.75, 3.05) is 0 Å². The Labute approximate surface area is 126 Å². The average Bonchev–Trinajstić information content (AvgIpc) is 2.48. The van der Waals surface area contributed by atoms with Crippen LogP contribution in [0.3, 0.4) is 0 Å². The van der Waals surface area contributed by atoms with Crippen molar-refractivity contribution >= 4 is 0 Å². The van der Waals surface area contributed by atoms with Crippen molar-refractivity contribution in [3.05, 3.63) is 71.0 Å². The van der Waals surface area contributed by atoms with E-state index in [0.29, 0.717) is 6.04 Å². The molecule has 0 saturated heterocycles. The van der Waals surface area contributed by atoms with Gasteiger partial charge in [0.05, 0.1) is 0 Å². The highest BCUT2D eigenvalue weighted by molar-refractivity contribution is 5.38. The minimum Gasteiger partial charge on any atom is -0.306 e. The molecule has 1 unspecified atom stereocenters. The molecular formula is C19H22FN. The predicted octanol–water partition coefficient (Wildman–Crippen LogP) is 4.73. The summed E-state index contributed by atoms with van der Waals surface area (Å²) >= 11 is 0. The monoisotopic (exact) mass is 283 g/mol. The summed E-state index contributed by atoms with van der Waals surface area (Å²) in [7, 11) is 0. The number of rotatable bonds is 3. The van der Waals surface area contributed by atoms with Crippen LogP contribution in [0.2, 0.25) is 0 Å². The van der Waals surface area contributed by atoms with Crippen LogP contribution in [0, 0.1) is 5.82 Å². The van der Waals surface area contributed by atoms with Crippen LogP contribution in [0.4, 0.5) is 4.39 Å². The summed E-state index contributed by atoms with van der Waals surface area (Å²) in [6.07, 6.45) is 2.33. The van der Waals surface area contributed by atoms with Gasteiger partial charge in [0, 0.05) is 12.6 Å². The van der Waals surface area contributed by atoms with Crippen LogP contribution in [-0.2, 0) is 12.0 Å². The lowest BCUT2D eigenvalue weighted by Crippen LogP contribution is -2.32. The van der Waals surface area contributed by atoms with Crippen LogP contribution in [0.15, 0.2) is 48.5 Å². The summed E-state index contributed by atoms with van der Waals surface area (Å²) in [4.78, 5) is 0. The molecule has 1 nitrogen and oxygen atoms in total. The molecule has 1 atom stereocenters. The quantitative estimate of drug-likeness (QED) is 0.859. The molecule has 0 bridgehead atoms. The Morgan fingerprint density at radius 2 is 1.81 bits per heavy atom. The third-order valence-corrected chi connectivity index (χ3v) is 4.59. The lowest BCUT2D eigenvalue weighted by molar-refractivity contribution is 0.357. The van der Waals surface area contributed by atoms with E-state index in [1.807, 2.05) is 12.1 Å². The number of hydrogen-bond donors (Lipinski definition) is 1. The minimum absolute atomic E-state index is 0.177. The third kappa shape index (κ3) is 3.01. The molecule has 0 aliphatic heterocycles. The lowest BCUT2D eigenvalue weighted by Gasteiger charge is -2.37. The summed E-state index contributed by atoms with van der Waals surface area (Å²) in [5.41, 5.74) is 4.24. The Balaban J connectivity index is 1.76. The standard InChI is InChI=1S/C19H22FN/c1-19(2)12-11-18(16-5-3-4-6-17(16)19)21-13-14-7-9-15(20)10-8-14/h3-10,18,21H,11-13H2,1-2H3. The zero-order valence-electron chi connectivity index (χ0n) is 12.7. The van der Waals surface area contributed by atoms with E-state index in [1.165, 1.54) is 29.7 Å². The van der Waals surface area contributed by atoms with E-state index in [-0.39, 0.29) is 11.2 Å². The number of fused-ring (bicyclic) bond motifs is 1. The molecule has 1 N–H and O–H groups in total. The molecule has 0 fully saturated rings. The smallest absolute Gasteiger partial charge is 0.123 e. The van der Waals surface area contributed by atoms with E-state index in [4.69, 9.17) is 0 Å². The first kappa shape index (κ1) is 14.3. The lowest BCUT2D eigenvalue weighted by atomic mass is 9.71. The van der Waals surface area contributed by atoms with Crippen molar-refractivity contribution in [2.24, 2.45) is 0 Å². The first-order valence-corrected chi connectivity index (χ1v) is 7.63. The molecule has 0 saturated carbocycles. The fraction of sp³-hybridized carbons (Fsp3) is 0.368. The molecule has 0 radical (unpaired) electrons. The molecule has 21 heavy (non-hydrogen) atoms. The summed E-state index contributed by atoms with van der Waals surface area (Å²) in [5.74, 6) is -0.177. The van der Waals surface area contributed by atoms with Gasteiger partial charge < -0.3 is 5.32 Å². The second-order valence-electron chi connectivity index (χ2n) is 6.57. The van der Waals surface area contributed by atoms with Crippen molar-refractivity contribution in [3.63, 3.8) is 0 Å². The maximum Gasteiger partial charge on any atom is 0.123 e. The molecule has 0 heterocycles. The highest BCUT2D eigenvalue weighted by atomic mass is 19.1. The number of hydrogen-bond acceptors (Lipinski definition) is 1. The van der Waals surface area contributed by atoms with Crippen molar-refractivity contribution in [3.8, 4) is 0 Å². The molecule has 1 aliphatic carbocycles. The summed E-state index contributed by atoms with van der Waals surface area (Å²) in [6.45, 7) is 5.42. The van der Waals surface area contributed by atoms with Gasteiger partial charge in [-0.1, -0.05) is 50.2 Å². The normalized spacial score (nSPS) is 20.0. The predicted molar refractivity (Wildman–Crippen MR) is 84.7 cm³/mol. The Morgan fingerprint density at radius 1 is 1.10 bits per heavy atom. The van der Waals surface area contributed by atoms with Gasteiger partial charge in [0.1, 0.15) is 5.82 Å². The van der Waals surface area contributed by atoms with Gasteiger partial charge in [-0.2, -0.15) is 0 Å². The van der Waals surface area contributed by atoms with E-state index in [0.717, 1.165) is 18.5 Å². The molecule has 3 rings (SSSR count). The van der Waals surface area contributed by atoms with Gasteiger partial charge in [0.25, 0.3) is 0 Å².